The van der Waals surface area contributed by atoms with Gasteiger partial charge in [-0.2, -0.15) is 0 Å². The summed E-state index contributed by atoms with van der Waals surface area (Å²) in [4.78, 5) is 2.23. The smallest absolute Gasteiger partial charge is 0.0814 e. The van der Waals surface area contributed by atoms with Gasteiger partial charge in [0.15, 0.2) is 0 Å². The summed E-state index contributed by atoms with van der Waals surface area (Å²) in [5, 5.41) is 10.1. The molecule has 1 saturated carbocycles. The van der Waals surface area contributed by atoms with Crippen LogP contribution in [0, 0.1) is 5.92 Å². The second kappa shape index (κ2) is 2.46. The molecule has 1 heterocycles. The summed E-state index contributed by atoms with van der Waals surface area (Å²) in [7, 11) is 2.09. The van der Waals surface area contributed by atoms with Crippen molar-refractivity contribution in [2.24, 2.45) is 5.92 Å². The highest BCUT2D eigenvalue weighted by atomic mass is 16.3. The van der Waals surface area contributed by atoms with Crippen molar-refractivity contribution < 1.29 is 5.11 Å². The summed E-state index contributed by atoms with van der Waals surface area (Å²) in [6, 6.07) is 0. The molecule has 2 aliphatic rings. The van der Waals surface area contributed by atoms with Crippen LogP contribution in [0.15, 0.2) is 0 Å². The maximum absolute atomic E-state index is 10.1. The van der Waals surface area contributed by atoms with Gasteiger partial charge >= 0.3 is 0 Å². The van der Waals surface area contributed by atoms with E-state index in [0.29, 0.717) is 5.92 Å². The van der Waals surface area contributed by atoms with E-state index >= 15 is 0 Å². The van der Waals surface area contributed by atoms with E-state index in [1.165, 1.54) is 19.3 Å². The van der Waals surface area contributed by atoms with E-state index in [-0.39, 0.29) is 5.60 Å². The van der Waals surface area contributed by atoms with E-state index in [2.05, 4.69) is 11.9 Å². The Morgan fingerprint density at radius 3 is 2.55 bits per heavy atom. The van der Waals surface area contributed by atoms with Gasteiger partial charge in [-0.1, -0.05) is 6.42 Å². The summed E-state index contributed by atoms with van der Waals surface area (Å²) < 4.78 is 0. The average molecular weight is 155 g/mol. The molecule has 2 nitrogen and oxygen atoms in total. The van der Waals surface area contributed by atoms with E-state index in [1.54, 1.807) is 0 Å². The minimum atomic E-state index is -0.312. The summed E-state index contributed by atoms with van der Waals surface area (Å²) in [5.74, 6) is 0.618. The maximum Gasteiger partial charge on any atom is 0.0814 e. The zero-order valence-corrected chi connectivity index (χ0v) is 7.21. The van der Waals surface area contributed by atoms with Crippen LogP contribution in [0.25, 0.3) is 0 Å². The number of β-amino-alcohol motifs (C(OH)–C–C–N with tert-alkyl or cyclic N) is 1. The SMILES string of the molecule is CN1CCC(O)(C2CCC2)C1. The van der Waals surface area contributed by atoms with Crippen LogP contribution in [0.3, 0.4) is 0 Å². The average Bonchev–Trinajstić information content (AvgIpc) is 2.06. The van der Waals surface area contributed by atoms with Crippen molar-refractivity contribution >= 4 is 0 Å². The Morgan fingerprint density at radius 1 is 1.45 bits per heavy atom. The van der Waals surface area contributed by atoms with Gasteiger partial charge in [-0.05, 0) is 32.2 Å². The topological polar surface area (TPSA) is 23.5 Å². The van der Waals surface area contributed by atoms with Crippen LogP contribution < -0.4 is 0 Å². The van der Waals surface area contributed by atoms with Crippen molar-refractivity contribution in [2.45, 2.75) is 31.3 Å². The molecule has 1 saturated heterocycles. The number of likely N-dealkylation sites (N-methyl/N-ethyl adjacent to an activating group) is 1. The summed E-state index contributed by atoms with van der Waals surface area (Å²) in [6.45, 7) is 1.98. The predicted octanol–water partition coefficient (Wildman–Crippen LogP) is 0.853. The first-order valence-corrected chi connectivity index (χ1v) is 4.62. The fraction of sp³-hybridized carbons (Fsp3) is 1.00. The summed E-state index contributed by atoms with van der Waals surface area (Å²) in [6.07, 6.45) is 4.83. The molecule has 11 heavy (non-hydrogen) atoms. The van der Waals surface area contributed by atoms with Crippen molar-refractivity contribution in [3.8, 4) is 0 Å². The highest BCUT2D eigenvalue weighted by Crippen LogP contribution is 2.40. The molecule has 1 N–H and O–H groups in total. The fourth-order valence-corrected chi connectivity index (χ4v) is 2.29. The minimum absolute atomic E-state index is 0.312. The molecule has 0 radical (unpaired) electrons. The van der Waals surface area contributed by atoms with Crippen LogP contribution in [0.1, 0.15) is 25.7 Å². The van der Waals surface area contributed by atoms with Gasteiger partial charge in [-0.3, -0.25) is 0 Å². The van der Waals surface area contributed by atoms with Gasteiger partial charge in [0.1, 0.15) is 0 Å². The van der Waals surface area contributed by atoms with Crippen molar-refractivity contribution in [3.63, 3.8) is 0 Å². The monoisotopic (exact) mass is 155 g/mol. The third-order valence-corrected chi connectivity index (χ3v) is 3.34. The molecule has 2 fully saturated rings. The molecule has 0 aromatic heterocycles. The van der Waals surface area contributed by atoms with Crippen molar-refractivity contribution in [1.29, 1.82) is 0 Å². The highest BCUT2D eigenvalue weighted by molar-refractivity contribution is 4.97. The summed E-state index contributed by atoms with van der Waals surface area (Å²) in [5.41, 5.74) is -0.312. The Balaban J connectivity index is 1.98. The van der Waals surface area contributed by atoms with Gasteiger partial charge < -0.3 is 10.0 Å². The second-order valence-corrected chi connectivity index (χ2v) is 4.22. The van der Waals surface area contributed by atoms with E-state index < -0.39 is 0 Å². The highest BCUT2D eigenvalue weighted by Gasteiger charge is 2.43. The van der Waals surface area contributed by atoms with Gasteiger partial charge in [0.25, 0.3) is 0 Å². The molecule has 0 aromatic carbocycles. The van der Waals surface area contributed by atoms with Gasteiger partial charge in [-0.25, -0.2) is 0 Å². The third kappa shape index (κ3) is 1.18. The first-order chi connectivity index (χ1) is 5.21. The largest absolute Gasteiger partial charge is 0.388 e. The molecule has 2 heteroatoms. The van der Waals surface area contributed by atoms with Crippen molar-refractivity contribution in [3.05, 3.63) is 0 Å². The molecule has 1 unspecified atom stereocenters. The predicted molar refractivity (Wildman–Crippen MR) is 44.4 cm³/mol. The zero-order chi connectivity index (χ0) is 7.90. The van der Waals surface area contributed by atoms with Gasteiger partial charge in [0.2, 0.25) is 0 Å². The number of likely N-dealkylation sites (tertiary alicyclic amines) is 1. The Morgan fingerprint density at radius 2 is 2.18 bits per heavy atom. The lowest BCUT2D eigenvalue weighted by molar-refractivity contribution is -0.0393. The lowest BCUT2D eigenvalue weighted by Crippen LogP contribution is -2.43. The van der Waals surface area contributed by atoms with Gasteiger partial charge in [-0.15, -0.1) is 0 Å². The van der Waals surface area contributed by atoms with Gasteiger partial charge in [0, 0.05) is 13.1 Å². The maximum atomic E-state index is 10.1. The fourth-order valence-electron chi connectivity index (χ4n) is 2.29. The molecule has 64 valence electrons. The molecule has 2 rings (SSSR count). The third-order valence-electron chi connectivity index (χ3n) is 3.34. The van der Waals surface area contributed by atoms with Crippen LogP contribution in [0.4, 0.5) is 0 Å². The minimum Gasteiger partial charge on any atom is -0.388 e. The molecule has 0 bridgehead atoms. The van der Waals surface area contributed by atoms with Crippen LogP contribution in [-0.4, -0.2) is 35.7 Å². The van der Waals surface area contributed by atoms with Crippen LogP contribution in [0.5, 0.6) is 0 Å². The lowest BCUT2D eigenvalue weighted by atomic mass is 9.72. The number of hydrogen-bond donors (Lipinski definition) is 1. The van der Waals surface area contributed by atoms with E-state index in [1.807, 2.05) is 0 Å². The summed E-state index contributed by atoms with van der Waals surface area (Å²) >= 11 is 0. The Bertz CT molecular complexity index is 156. The first kappa shape index (κ1) is 7.56. The van der Waals surface area contributed by atoms with Gasteiger partial charge in [0.05, 0.1) is 5.60 Å². The number of nitrogens with zero attached hydrogens (tertiary/aromatic N) is 1. The molecule has 0 aromatic rings. The Labute approximate surface area is 68.2 Å². The molecule has 1 atom stereocenters. The van der Waals surface area contributed by atoms with Crippen LogP contribution in [-0.2, 0) is 0 Å². The molecular formula is C9H17NO. The van der Waals surface area contributed by atoms with E-state index in [4.69, 9.17) is 0 Å². The number of rotatable bonds is 1. The molecule has 1 aliphatic heterocycles. The Kier molecular flexibility index (Phi) is 1.69. The lowest BCUT2D eigenvalue weighted by Gasteiger charge is -2.38. The molecule has 0 spiro atoms. The Hall–Kier alpha value is -0.0800. The normalized spacial score (nSPS) is 40.9. The van der Waals surface area contributed by atoms with E-state index in [9.17, 15) is 5.11 Å². The van der Waals surface area contributed by atoms with Crippen LogP contribution >= 0.6 is 0 Å². The quantitative estimate of drug-likeness (QED) is 0.607. The first-order valence-electron chi connectivity index (χ1n) is 4.62. The number of aliphatic hydroxyl groups is 1. The number of hydrogen-bond acceptors (Lipinski definition) is 2. The molecular weight excluding hydrogens is 138 g/mol. The second-order valence-electron chi connectivity index (χ2n) is 4.22. The standard InChI is InChI=1S/C9H17NO/c1-10-6-5-9(11,7-10)8-3-2-4-8/h8,11H,2-7H2,1H3. The molecule has 1 aliphatic carbocycles. The van der Waals surface area contributed by atoms with E-state index in [0.717, 1.165) is 19.5 Å². The molecule has 0 amide bonds. The van der Waals surface area contributed by atoms with Crippen LogP contribution in [0.2, 0.25) is 0 Å². The zero-order valence-electron chi connectivity index (χ0n) is 7.21. The van der Waals surface area contributed by atoms with Crippen molar-refractivity contribution in [1.82, 2.24) is 4.90 Å². The van der Waals surface area contributed by atoms with Crippen molar-refractivity contribution in [2.75, 3.05) is 20.1 Å².